The number of hydrogen-bond acceptors (Lipinski definition) is 4. The average molecular weight is 236 g/mol. The van der Waals surface area contributed by atoms with Crippen LogP contribution in [0.2, 0.25) is 0 Å². The van der Waals surface area contributed by atoms with Crippen molar-refractivity contribution in [3.05, 3.63) is 30.1 Å². The first-order chi connectivity index (χ1) is 8.18. The molecule has 0 saturated carbocycles. The van der Waals surface area contributed by atoms with E-state index >= 15 is 0 Å². The van der Waals surface area contributed by atoms with E-state index in [-0.39, 0.29) is 19.1 Å². The minimum atomic E-state index is -0.959. The number of hydrogen-bond donors (Lipinski definition) is 2. The molecule has 0 spiro atoms. The fourth-order valence-electron chi connectivity index (χ4n) is 1.69. The van der Waals surface area contributed by atoms with Crippen molar-refractivity contribution in [1.82, 2.24) is 10.3 Å². The van der Waals surface area contributed by atoms with E-state index in [9.17, 15) is 9.59 Å². The zero-order chi connectivity index (χ0) is 12.3. The molecule has 0 aliphatic carbocycles. The number of carboxylic acids is 1. The van der Waals surface area contributed by atoms with Crippen molar-refractivity contribution in [2.24, 2.45) is 5.92 Å². The molecule has 2 N–H and O–H groups in total. The lowest BCUT2D eigenvalue weighted by Crippen LogP contribution is -2.42. The van der Waals surface area contributed by atoms with Gasteiger partial charge in [-0.05, 0) is 12.1 Å². The molecule has 2 heterocycles. The minimum Gasteiger partial charge on any atom is -0.481 e. The first-order valence-corrected chi connectivity index (χ1v) is 5.20. The predicted octanol–water partition coefficient (Wildman–Crippen LogP) is -0.0890. The Balaban J connectivity index is 2.02. The summed E-state index contributed by atoms with van der Waals surface area (Å²) >= 11 is 0. The van der Waals surface area contributed by atoms with Gasteiger partial charge >= 0.3 is 5.97 Å². The van der Waals surface area contributed by atoms with Crippen LogP contribution in [0.3, 0.4) is 0 Å². The standard InChI is InChI=1S/C11H12N2O4/c14-10(7-2-1-3-12-4-7)13-9-6-17-5-8(9)11(15)16/h1-4,8-9H,5-6H2,(H,13,14)(H,15,16). The lowest BCUT2D eigenvalue weighted by molar-refractivity contribution is -0.142. The van der Waals surface area contributed by atoms with Crippen LogP contribution in [0.15, 0.2) is 24.5 Å². The van der Waals surface area contributed by atoms with Gasteiger partial charge in [-0.25, -0.2) is 0 Å². The van der Waals surface area contributed by atoms with E-state index in [4.69, 9.17) is 9.84 Å². The molecule has 6 nitrogen and oxygen atoms in total. The van der Waals surface area contributed by atoms with Crippen molar-refractivity contribution >= 4 is 11.9 Å². The first kappa shape index (κ1) is 11.5. The Morgan fingerprint density at radius 3 is 2.94 bits per heavy atom. The zero-order valence-electron chi connectivity index (χ0n) is 9.00. The Labute approximate surface area is 97.6 Å². The fourth-order valence-corrected chi connectivity index (χ4v) is 1.69. The first-order valence-electron chi connectivity index (χ1n) is 5.20. The molecule has 0 radical (unpaired) electrons. The van der Waals surface area contributed by atoms with E-state index in [1.54, 1.807) is 18.3 Å². The maximum absolute atomic E-state index is 11.8. The molecule has 2 atom stereocenters. The summed E-state index contributed by atoms with van der Waals surface area (Å²) in [5.41, 5.74) is 0.406. The summed E-state index contributed by atoms with van der Waals surface area (Å²) < 4.78 is 5.06. The Hall–Kier alpha value is -1.95. The highest BCUT2D eigenvalue weighted by Gasteiger charge is 2.35. The summed E-state index contributed by atoms with van der Waals surface area (Å²) in [5.74, 6) is -1.98. The Bertz CT molecular complexity index is 421. The highest BCUT2D eigenvalue weighted by Crippen LogP contribution is 2.14. The molecule has 2 unspecified atom stereocenters. The van der Waals surface area contributed by atoms with Crippen LogP contribution < -0.4 is 5.32 Å². The van der Waals surface area contributed by atoms with Crippen LogP contribution in [0.25, 0.3) is 0 Å². The van der Waals surface area contributed by atoms with Crippen LogP contribution in [0.1, 0.15) is 10.4 Å². The lowest BCUT2D eigenvalue weighted by atomic mass is 10.0. The second-order valence-electron chi connectivity index (χ2n) is 3.80. The third-order valence-corrected chi connectivity index (χ3v) is 2.64. The summed E-state index contributed by atoms with van der Waals surface area (Å²) in [6, 6.07) is 2.78. The van der Waals surface area contributed by atoms with Gasteiger partial charge in [-0.2, -0.15) is 0 Å². The molecule has 0 aromatic carbocycles. The van der Waals surface area contributed by atoms with Crippen LogP contribution >= 0.6 is 0 Å². The van der Waals surface area contributed by atoms with Crippen molar-refractivity contribution in [3.63, 3.8) is 0 Å². The van der Waals surface area contributed by atoms with Gasteiger partial charge < -0.3 is 15.2 Å². The maximum Gasteiger partial charge on any atom is 0.311 e. The number of aromatic nitrogens is 1. The molecule has 1 aliphatic rings. The normalized spacial score (nSPS) is 23.3. The van der Waals surface area contributed by atoms with E-state index in [1.165, 1.54) is 6.20 Å². The lowest BCUT2D eigenvalue weighted by Gasteiger charge is -2.15. The van der Waals surface area contributed by atoms with E-state index in [0.717, 1.165) is 0 Å². The highest BCUT2D eigenvalue weighted by molar-refractivity contribution is 5.94. The largest absolute Gasteiger partial charge is 0.481 e. The molecule has 17 heavy (non-hydrogen) atoms. The van der Waals surface area contributed by atoms with E-state index in [1.807, 2.05) is 0 Å². The number of amides is 1. The van der Waals surface area contributed by atoms with Crippen LogP contribution in [0.4, 0.5) is 0 Å². The SMILES string of the molecule is O=C(NC1COCC1C(=O)O)c1cccnc1. The second-order valence-corrected chi connectivity index (χ2v) is 3.80. The van der Waals surface area contributed by atoms with Gasteiger partial charge in [0.25, 0.3) is 5.91 Å². The second kappa shape index (κ2) is 4.92. The number of carboxylic acid groups (broad SMARTS) is 1. The van der Waals surface area contributed by atoms with Crippen LogP contribution in [0, 0.1) is 5.92 Å². The molecule has 2 rings (SSSR count). The molecule has 90 valence electrons. The van der Waals surface area contributed by atoms with Gasteiger partial charge in [-0.15, -0.1) is 0 Å². The molecule has 0 bridgehead atoms. The van der Waals surface area contributed by atoms with Crippen LogP contribution in [0.5, 0.6) is 0 Å². The number of carbonyl (C=O) groups is 2. The van der Waals surface area contributed by atoms with Crippen LogP contribution in [-0.2, 0) is 9.53 Å². The molecule has 6 heteroatoms. The Morgan fingerprint density at radius 1 is 1.47 bits per heavy atom. The fraction of sp³-hybridized carbons (Fsp3) is 0.364. The van der Waals surface area contributed by atoms with Crippen LogP contribution in [-0.4, -0.2) is 41.2 Å². The van der Waals surface area contributed by atoms with Gasteiger partial charge in [0.2, 0.25) is 0 Å². The van der Waals surface area contributed by atoms with Crippen molar-refractivity contribution in [2.45, 2.75) is 6.04 Å². The van der Waals surface area contributed by atoms with Gasteiger partial charge in [0, 0.05) is 12.4 Å². The maximum atomic E-state index is 11.8. The van der Waals surface area contributed by atoms with Gasteiger partial charge in [0.1, 0.15) is 5.92 Å². The van der Waals surface area contributed by atoms with Gasteiger partial charge in [0.15, 0.2) is 0 Å². The molecule has 1 aromatic heterocycles. The highest BCUT2D eigenvalue weighted by atomic mass is 16.5. The monoisotopic (exact) mass is 236 g/mol. The Morgan fingerprint density at radius 2 is 2.29 bits per heavy atom. The van der Waals surface area contributed by atoms with Gasteiger partial charge in [0.05, 0.1) is 24.8 Å². The average Bonchev–Trinajstić information content (AvgIpc) is 2.78. The number of carbonyl (C=O) groups excluding carboxylic acids is 1. The molecule has 1 aromatic rings. The van der Waals surface area contributed by atoms with E-state index < -0.39 is 17.9 Å². The van der Waals surface area contributed by atoms with E-state index in [2.05, 4.69) is 10.3 Å². The molecule has 1 amide bonds. The van der Waals surface area contributed by atoms with Crippen molar-refractivity contribution in [2.75, 3.05) is 13.2 Å². The summed E-state index contributed by atoms with van der Waals surface area (Å²) in [6.07, 6.45) is 3.00. The summed E-state index contributed by atoms with van der Waals surface area (Å²) in [5, 5.41) is 11.6. The molecule has 1 saturated heterocycles. The summed E-state index contributed by atoms with van der Waals surface area (Å²) in [7, 11) is 0. The molecular weight excluding hydrogens is 224 g/mol. The molecular formula is C11H12N2O4. The third-order valence-electron chi connectivity index (χ3n) is 2.64. The minimum absolute atomic E-state index is 0.132. The zero-order valence-corrected chi connectivity index (χ0v) is 9.00. The van der Waals surface area contributed by atoms with Crippen molar-refractivity contribution in [3.8, 4) is 0 Å². The smallest absolute Gasteiger partial charge is 0.311 e. The quantitative estimate of drug-likeness (QED) is 0.765. The van der Waals surface area contributed by atoms with E-state index in [0.29, 0.717) is 5.56 Å². The number of aliphatic carboxylic acids is 1. The number of pyridine rings is 1. The summed E-state index contributed by atoms with van der Waals surface area (Å²) in [6.45, 7) is 0.357. The van der Waals surface area contributed by atoms with Crippen molar-refractivity contribution < 1.29 is 19.4 Å². The number of ether oxygens (including phenoxy) is 1. The Kier molecular flexibility index (Phi) is 3.34. The van der Waals surface area contributed by atoms with Gasteiger partial charge in [-0.1, -0.05) is 0 Å². The number of nitrogens with zero attached hydrogens (tertiary/aromatic N) is 1. The van der Waals surface area contributed by atoms with Crippen molar-refractivity contribution in [1.29, 1.82) is 0 Å². The van der Waals surface area contributed by atoms with Gasteiger partial charge in [-0.3, -0.25) is 14.6 Å². The third kappa shape index (κ3) is 2.59. The molecule has 1 fully saturated rings. The summed E-state index contributed by atoms with van der Waals surface area (Å²) in [4.78, 5) is 26.5. The topological polar surface area (TPSA) is 88.5 Å². The number of rotatable bonds is 3. The predicted molar refractivity (Wildman–Crippen MR) is 57.4 cm³/mol. The molecule has 1 aliphatic heterocycles. The number of nitrogens with one attached hydrogen (secondary N) is 1.